The van der Waals surface area contributed by atoms with Gasteiger partial charge in [-0.15, -0.1) is 0 Å². The molecule has 0 saturated heterocycles. The van der Waals surface area contributed by atoms with Gasteiger partial charge in [0.2, 0.25) is 6.08 Å². The lowest BCUT2D eigenvalue weighted by Gasteiger charge is -2.17. The summed E-state index contributed by atoms with van der Waals surface area (Å²) in [6, 6.07) is 7.08. The number of hydrogen-bond donors (Lipinski definition) is 0. The molecule has 29 heavy (non-hydrogen) atoms. The third kappa shape index (κ3) is 7.42. The molecule has 152 valence electrons. The van der Waals surface area contributed by atoms with Crippen LogP contribution in [0.4, 0.5) is 5.69 Å². The van der Waals surface area contributed by atoms with E-state index < -0.39 is 0 Å². The predicted octanol–water partition coefficient (Wildman–Crippen LogP) is 3.14. The Morgan fingerprint density at radius 1 is 1.10 bits per heavy atom. The highest BCUT2D eigenvalue weighted by atomic mass is 32.1. The van der Waals surface area contributed by atoms with Crippen LogP contribution in [0.1, 0.15) is 13.8 Å². The zero-order chi connectivity index (χ0) is 20.9. The normalized spacial score (nSPS) is 10.0. The van der Waals surface area contributed by atoms with Crippen LogP contribution in [0.3, 0.4) is 0 Å². The number of nitrogens with zero attached hydrogens (tertiary/aromatic N) is 6. The van der Waals surface area contributed by atoms with Gasteiger partial charge in [0.05, 0.1) is 5.69 Å². The molecular formula is C20H24N6O2S. The molecule has 0 saturated carbocycles. The Hall–Kier alpha value is -3.13. The number of benzene rings is 1. The largest absolute Gasteiger partial charge is 0.492 e. The molecule has 3 rings (SSSR count). The Balaban J connectivity index is 0.000000218. The first-order chi connectivity index (χ1) is 14.2. The highest BCUT2D eigenvalue weighted by Gasteiger charge is 2.00. The van der Waals surface area contributed by atoms with E-state index in [4.69, 9.17) is 17.0 Å². The van der Waals surface area contributed by atoms with Gasteiger partial charge in [0.25, 0.3) is 0 Å². The van der Waals surface area contributed by atoms with Gasteiger partial charge >= 0.3 is 0 Å². The standard InChI is InChI=1S/C13H18N2O2.C7H6N4S/c1-3-15(4-2)9-10-17-13-7-5-12(6-8-13)14-11-16;12-7(10-3-1-8-5-10)11-4-2-9-6-11/h5-8H,3-4,9-10H2,1-2H3;1-6H. The molecule has 0 fully saturated rings. The number of thiocarbonyl (C=S) groups is 1. The maximum atomic E-state index is 10.0. The Bertz CT molecular complexity index is 847. The molecule has 1 aromatic carbocycles. The summed E-state index contributed by atoms with van der Waals surface area (Å²) in [5.41, 5.74) is 0.594. The minimum atomic E-state index is 0.594. The minimum Gasteiger partial charge on any atom is -0.492 e. The fraction of sp³-hybridized carbons (Fsp3) is 0.300. The van der Waals surface area contributed by atoms with E-state index in [9.17, 15) is 4.79 Å². The minimum absolute atomic E-state index is 0.594. The highest BCUT2D eigenvalue weighted by molar-refractivity contribution is 7.80. The van der Waals surface area contributed by atoms with Gasteiger partial charge in [-0.25, -0.2) is 14.8 Å². The average molecular weight is 413 g/mol. The van der Waals surface area contributed by atoms with E-state index in [2.05, 4.69) is 33.7 Å². The topological polar surface area (TPSA) is 77.5 Å². The van der Waals surface area contributed by atoms with Gasteiger partial charge in [-0.3, -0.25) is 9.13 Å². The van der Waals surface area contributed by atoms with Crippen LogP contribution in [0.15, 0.2) is 66.7 Å². The highest BCUT2D eigenvalue weighted by Crippen LogP contribution is 2.17. The molecule has 0 unspecified atom stereocenters. The molecule has 0 amide bonds. The van der Waals surface area contributed by atoms with Crippen molar-refractivity contribution in [3.05, 3.63) is 61.7 Å². The molecule has 0 N–H and O–H groups in total. The first-order valence-electron chi connectivity index (χ1n) is 9.21. The number of ether oxygens (including phenoxy) is 1. The maximum absolute atomic E-state index is 10.0. The van der Waals surface area contributed by atoms with E-state index >= 15 is 0 Å². The third-order valence-electron chi connectivity index (χ3n) is 4.03. The second-order valence-corrected chi connectivity index (χ2v) is 6.16. The van der Waals surface area contributed by atoms with Crippen molar-refractivity contribution in [3.8, 4) is 5.75 Å². The van der Waals surface area contributed by atoms with Gasteiger partial charge < -0.3 is 9.64 Å². The summed E-state index contributed by atoms with van der Waals surface area (Å²) in [6.07, 6.45) is 11.8. The third-order valence-corrected chi connectivity index (χ3v) is 4.45. The van der Waals surface area contributed by atoms with E-state index in [-0.39, 0.29) is 0 Å². The van der Waals surface area contributed by atoms with Crippen LogP contribution in [-0.2, 0) is 4.79 Å². The summed E-state index contributed by atoms with van der Waals surface area (Å²) in [7, 11) is 0. The van der Waals surface area contributed by atoms with Crippen LogP contribution < -0.4 is 4.74 Å². The second kappa shape index (κ2) is 12.4. The van der Waals surface area contributed by atoms with Crippen LogP contribution in [-0.4, -0.2) is 61.4 Å². The summed E-state index contributed by atoms with van der Waals surface area (Å²) in [6.45, 7) is 7.92. The van der Waals surface area contributed by atoms with Crippen molar-refractivity contribution < 1.29 is 9.53 Å². The number of rotatable bonds is 7. The summed E-state index contributed by atoms with van der Waals surface area (Å²) in [5.74, 6) is 0.794. The van der Waals surface area contributed by atoms with E-state index in [0.717, 1.165) is 25.4 Å². The number of carbonyl (C=O) groups excluding carboxylic acids is 1. The first kappa shape index (κ1) is 22.2. The van der Waals surface area contributed by atoms with Crippen LogP contribution in [0.25, 0.3) is 0 Å². The molecule has 0 spiro atoms. The quantitative estimate of drug-likeness (QED) is 0.337. The van der Waals surface area contributed by atoms with Crippen molar-refractivity contribution in [2.75, 3.05) is 26.2 Å². The molecule has 0 atom stereocenters. The maximum Gasteiger partial charge on any atom is 0.240 e. The van der Waals surface area contributed by atoms with E-state index in [1.165, 1.54) is 6.08 Å². The first-order valence-corrected chi connectivity index (χ1v) is 9.62. The second-order valence-electron chi connectivity index (χ2n) is 5.79. The van der Waals surface area contributed by atoms with Crippen LogP contribution >= 0.6 is 12.2 Å². The Kier molecular flexibility index (Phi) is 9.44. The number of aliphatic imine (C=N–C) groups is 1. The van der Waals surface area contributed by atoms with Crippen molar-refractivity contribution in [2.24, 2.45) is 4.99 Å². The van der Waals surface area contributed by atoms with Crippen LogP contribution in [0, 0.1) is 0 Å². The average Bonchev–Trinajstić information content (AvgIpc) is 3.47. The van der Waals surface area contributed by atoms with Crippen LogP contribution in [0.2, 0.25) is 0 Å². The van der Waals surface area contributed by atoms with Gasteiger partial charge in [0, 0.05) is 31.3 Å². The molecule has 0 aliphatic carbocycles. The van der Waals surface area contributed by atoms with Crippen molar-refractivity contribution in [1.82, 2.24) is 24.0 Å². The Morgan fingerprint density at radius 2 is 1.69 bits per heavy atom. The van der Waals surface area contributed by atoms with Gasteiger partial charge in [-0.05, 0) is 49.6 Å². The van der Waals surface area contributed by atoms with E-state index in [0.29, 0.717) is 17.4 Å². The molecule has 2 aromatic heterocycles. The molecule has 0 radical (unpaired) electrons. The summed E-state index contributed by atoms with van der Waals surface area (Å²) in [5, 5.41) is 0.644. The molecule has 3 aromatic rings. The fourth-order valence-electron chi connectivity index (χ4n) is 2.38. The van der Waals surface area contributed by atoms with Gasteiger partial charge in [0.1, 0.15) is 25.0 Å². The van der Waals surface area contributed by atoms with E-state index in [1.807, 2.05) is 0 Å². The molecule has 0 aliphatic heterocycles. The van der Waals surface area contributed by atoms with Gasteiger partial charge in [-0.2, -0.15) is 4.99 Å². The molecule has 8 nitrogen and oxygen atoms in total. The van der Waals surface area contributed by atoms with Crippen molar-refractivity contribution >= 4 is 29.1 Å². The van der Waals surface area contributed by atoms with Crippen LogP contribution in [0.5, 0.6) is 5.75 Å². The predicted molar refractivity (Wildman–Crippen MR) is 115 cm³/mol. The number of imidazole rings is 2. The molecular weight excluding hydrogens is 388 g/mol. The summed E-state index contributed by atoms with van der Waals surface area (Å²) >= 11 is 5.14. The lowest BCUT2D eigenvalue weighted by atomic mass is 10.3. The number of isocyanates is 1. The van der Waals surface area contributed by atoms with Gasteiger partial charge in [0.15, 0.2) is 5.11 Å². The molecule has 0 bridgehead atoms. The zero-order valence-corrected chi connectivity index (χ0v) is 17.3. The molecule has 2 heterocycles. The molecule has 0 aliphatic rings. The lowest BCUT2D eigenvalue weighted by Crippen LogP contribution is -2.27. The summed E-state index contributed by atoms with van der Waals surface area (Å²) in [4.78, 5) is 23.6. The van der Waals surface area contributed by atoms with Crippen molar-refractivity contribution in [1.29, 1.82) is 0 Å². The Labute approximate surface area is 175 Å². The number of likely N-dealkylation sites (N-methyl/N-ethyl adjacent to an activating group) is 1. The number of hydrogen-bond acceptors (Lipinski definition) is 7. The number of aromatic nitrogens is 4. The zero-order valence-electron chi connectivity index (χ0n) is 16.5. The fourth-order valence-corrected chi connectivity index (χ4v) is 2.60. The van der Waals surface area contributed by atoms with Crippen molar-refractivity contribution in [2.45, 2.75) is 13.8 Å². The Morgan fingerprint density at radius 3 is 2.14 bits per heavy atom. The van der Waals surface area contributed by atoms with Crippen molar-refractivity contribution in [3.63, 3.8) is 0 Å². The van der Waals surface area contributed by atoms with Gasteiger partial charge in [-0.1, -0.05) is 13.8 Å². The smallest absolute Gasteiger partial charge is 0.240 e. The SMILES string of the molecule is CCN(CC)CCOc1ccc(N=C=O)cc1.S=C(n1ccnc1)n1ccnc1. The van der Waals surface area contributed by atoms with E-state index in [1.54, 1.807) is 70.8 Å². The monoisotopic (exact) mass is 412 g/mol. The summed E-state index contributed by atoms with van der Waals surface area (Å²) < 4.78 is 9.09. The molecule has 9 heteroatoms. The lowest BCUT2D eigenvalue weighted by molar-refractivity contribution is 0.223.